The van der Waals surface area contributed by atoms with Gasteiger partial charge in [-0.1, -0.05) is 6.92 Å². The van der Waals surface area contributed by atoms with Crippen LogP contribution in [0, 0.1) is 6.92 Å². The number of amides is 1. The molecule has 4 rings (SSSR count). The van der Waals surface area contributed by atoms with Gasteiger partial charge in [-0.15, -0.1) is 0 Å². The largest absolute Gasteiger partial charge is 0.369 e. The summed E-state index contributed by atoms with van der Waals surface area (Å²) in [5.74, 6) is 0.147. The van der Waals surface area contributed by atoms with Crippen LogP contribution in [-0.4, -0.2) is 57.9 Å². The Balaban J connectivity index is 1.48. The van der Waals surface area contributed by atoms with E-state index in [-0.39, 0.29) is 17.0 Å². The van der Waals surface area contributed by atoms with Crippen LogP contribution in [0.3, 0.4) is 0 Å². The van der Waals surface area contributed by atoms with Crippen LogP contribution in [0.15, 0.2) is 29.1 Å². The Morgan fingerprint density at radius 2 is 1.89 bits per heavy atom. The molecule has 0 atom stereocenters. The standard InChI is InChI=1S/C19H22N6O2S/c1-3-24-8-10-25(11-9-24)14-6-4-13(5-7-14)22-19(27)17-15-16(23-28-17)18(26)21-12(2)20-15/h4-7H,3,8-11H2,1-2H3,(H,22,27)(H,20,21,26). The molecule has 2 N–H and O–H groups in total. The molecule has 9 heteroatoms. The van der Waals surface area contributed by atoms with Crippen molar-refractivity contribution < 1.29 is 4.79 Å². The van der Waals surface area contributed by atoms with Crippen LogP contribution in [0.1, 0.15) is 22.4 Å². The van der Waals surface area contributed by atoms with Gasteiger partial charge in [0, 0.05) is 37.6 Å². The molecular weight excluding hydrogens is 376 g/mol. The number of anilines is 2. The fraction of sp³-hybridized carbons (Fsp3) is 0.368. The van der Waals surface area contributed by atoms with E-state index < -0.39 is 0 Å². The lowest BCUT2D eigenvalue weighted by atomic mass is 10.2. The number of likely N-dealkylation sites (N-methyl/N-ethyl adjacent to an activating group) is 1. The number of aromatic amines is 1. The Labute approximate surface area is 166 Å². The first-order chi connectivity index (χ1) is 13.5. The summed E-state index contributed by atoms with van der Waals surface area (Å²) < 4.78 is 4.07. The molecule has 0 spiro atoms. The van der Waals surface area contributed by atoms with Crippen molar-refractivity contribution in [2.75, 3.05) is 42.9 Å². The van der Waals surface area contributed by atoms with Crippen molar-refractivity contribution in [3.63, 3.8) is 0 Å². The predicted octanol–water partition coefficient (Wildman–Crippen LogP) is 2.08. The number of rotatable bonds is 4. The van der Waals surface area contributed by atoms with Gasteiger partial charge in [-0.25, -0.2) is 4.98 Å². The first-order valence-corrected chi connectivity index (χ1v) is 10.1. The van der Waals surface area contributed by atoms with E-state index in [1.54, 1.807) is 6.92 Å². The SMILES string of the molecule is CCN1CCN(c2ccc(NC(=O)c3snc4c(=O)[nH]c(C)nc34)cc2)CC1. The number of carbonyl (C=O) groups excluding carboxylic acids is 1. The number of H-pyrrole nitrogens is 1. The minimum absolute atomic E-state index is 0.197. The molecule has 0 aliphatic carbocycles. The van der Waals surface area contributed by atoms with Gasteiger partial charge in [0.25, 0.3) is 11.5 Å². The third-order valence-corrected chi connectivity index (χ3v) is 5.81. The molecule has 8 nitrogen and oxygen atoms in total. The average Bonchev–Trinajstić information content (AvgIpc) is 3.13. The Bertz CT molecular complexity index is 1050. The van der Waals surface area contributed by atoms with Gasteiger partial charge >= 0.3 is 0 Å². The van der Waals surface area contributed by atoms with Gasteiger partial charge in [-0.05, 0) is 49.3 Å². The Kier molecular flexibility index (Phi) is 5.10. The van der Waals surface area contributed by atoms with Crippen molar-refractivity contribution in [1.82, 2.24) is 19.2 Å². The maximum atomic E-state index is 12.7. The number of nitrogens with one attached hydrogen (secondary N) is 2. The summed E-state index contributed by atoms with van der Waals surface area (Å²) in [6, 6.07) is 7.84. The molecule has 0 unspecified atom stereocenters. The first kappa shape index (κ1) is 18.6. The van der Waals surface area contributed by atoms with Crippen LogP contribution < -0.4 is 15.8 Å². The van der Waals surface area contributed by atoms with Crippen molar-refractivity contribution in [3.05, 3.63) is 45.3 Å². The van der Waals surface area contributed by atoms with Crippen molar-refractivity contribution in [2.45, 2.75) is 13.8 Å². The quantitative estimate of drug-likeness (QED) is 0.699. The molecule has 0 radical (unpaired) electrons. The van der Waals surface area contributed by atoms with E-state index in [1.807, 2.05) is 24.3 Å². The van der Waals surface area contributed by atoms with Crippen LogP contribution in [0.5, 0.6) is 0 Å². The number of piperazine rings is 1. The molecular formula is C19H22N6O2S. The average molecular weight is 398 g/mol. The lowest BCUT2D eigenvalue weighted by Gasteiger charge is -2.35. The van der Waals surface area contributed by atoms with Crippen LogP contribution in [0.2, 0.25) is 0 Å². The van der Waals surface area contributed by atoms with Gasteiger partial charge in [0.05, 0.1) is 0 Å². The lowest BCUT2D eigenvalue weighted by Crippen LogP contribution is -2.46. The highest BCUT2D eigenvalue weighted by molar-refractivity contribution is 7.09. The number of benzene rings is 1. The molecule has 1 aliphatic rings. The Morgan fingerprint density at radius 3 is 2.57 bits per heavy atom. The van der Waals surface area contributed by atoms with Crippen molar-refractivity contribution in [2.24, 2.45) is 0 Å². The van der Waals surface area contributed by atoms with Crippen LogP contribution in [0.25, 0.3) is 11.0 Å². The number of hydrogen-bond donors (Lipinski definition) is 2. The number of aryl methyl sites for hydroxylation is 1. The zero-order valence-corrected chi connectivity index (χ0v) is 16.7. The number of hydrogen-bond acceptors (Lipinski definition) is 7. The number of aromatic nitrogens is 3. The molecule has 1 saturated heterocycles. The minimum Gasteiger partial charge on any atom is -0.369 e. The lowest BCUT2D eigenvalue weighted by molar-refractivity contribution is 0.103. The van der Waals surface area contributed by atoms with Gasteiger partial charge in [-0.2, -0.15) is 4.37 Å². The van der Waals surface area contributed by atoms with E-state index >= 15 is 0 Å². The number of fused-ring (bicyclic) bond motifs is 1. The molecule has 1 aliphatic heterocycles. The predicted molar refractivity (Wildman–Crippen MR) is 111 cm³/mol. The first-order valence-electron chi connectivity index (χ1n) is 9.30. The highest BCUT2D eigenvalue weighted by atomic mass is 32.1. The summed E-state index contributed by atoms with van der Waals surface area (Å²) >= 11 is 0.984. The zero-order valence-electron chi connectivity index (χ0n) is 15.9. The molecule has 3 heterocycles. The topological polar surface area (TPSA) is 94.2 Å². The summed E-state index contributed by atoms with van der Waals surface area (Å²) in [7, 11) is 0. The molecule has 1 amide bonds. The van der Waals surface area contributed by atoms with Crippen LogP contribution >= 0.6 is 11.5 Å². The third kappa shape index (κ3) is 3.63. The number of nitrogens with zero attached hydrogens (tertiary/aromatic N) is 4. The van der Waals surface area contributed by atoms with E-state index in [9.17, 15) is 9.59 Å². The van der Waals surface area contributed by atoms with Gasteiger partial charge in [-0.3, -0.25) is 9.59 Å². The van der Waals surface area contributed by atoms with Gasteiger partial charge < -0.3 is 20.1 Å². The smallest absolute Gasteiger partial charge is 0.278 e. The van der Waals surface area contributed by atoms with Crippen molar-refractivity contribution in [3.8, 4) is 0 Å². The van der Waals surface area contributed by atoms with Crippen LogP contribution in [-0.2, 0) is 0 Å². The molecule has 0 bridgehead atoms. The van der Waals surface area contributed by atoms with Crippen molar-refractivity contribution >= 4 is 39.8 Å². The fourth-order valence-electron chi connectivity index (χ4n) is 3.37. The fourth-order valence-corrected chi connectivity index (χ4v) is 4.09. The highest BCUT2D eigenvalue weighted by Crippen LogP contribution is 2.22. The Morgan fingerprint density at radius 1 is 1.18 bits per heavy atom. The molecule has 1 aromatic carbocycles. The second kappa shape index (κ2) is 7.69. The third-order valence-electron chi connectivity index (χ3n) is 4.97. The summed E-state index contributed by atoms with van der Waals surface area (Å²) in [6.45, 7) is 9.10. The molecule has 1 fully saturated rings. The molecule has 3 aromatic rings. The molecule has 2 aromatic heterocycles. The normalized spacial score (nSPS) is 15.1. The van der Waals surface area contributed by atoms with Crippen LogP contribution in [0.4, 0.5) is 11.4 Å². The van der Waals surface area contributed by atoms with E-state index in [4.69, 9.17) is 0 Å². The zero-order chi connectivity index (χ0) is 19.7. The van der Waals surface area contributed by atoms with Crippen molar-refractivity contribution in [1.29, 1.82) is 0 Å². The van der Waals surface area contributed by atoms with E-state index in [2.05, 4.69) is 36.4 Å². The van der Waals surface area contributed by atoms with Gasteiger partial charge in [0.2, 0.25) is 0 Å². The second-order valence-electron chi connectivity index (χ2n) is 6.78. The molecule has 0 saturated carbocycles. The molecule has 146 valence electrons. The number of carbonyl (C=O) groups is 1. The maximum absolute atomic E-state index is 12.7. The van der Waals surface area contributed by atoms with Gasteiger partial charge in [0.1, 0.15) is 16.2 Å². The monoisotopic (exact) mass is 398 g/mol. The maximum Gasteiger partial charge on any atom is 0.278 e. The summed E-state index contributed by atoms with van der Waals surface area (Å²) in [4.78, 5) is 36.6. The second-order valence-corrected chi connectivity index (χ2v) is 7.56. The molecule has 28 heavy (non-hydrogen) atoms. The minimum atomic E-state index is -0.328. The Hall–Kier alpha value is -2.78. The summed E-state index contributed by atoms with van der Waals surface area (Å²) in [5, 5.41) is 2.87. The van der Waals surface area contributed by atoms with E-state index in [0.717, 1.165) is 49.9 Å². The van der Waals surface area contributed by atoms with E-state index in [1.165, 1.54) is 0 Å². The summed E-state index contributed by atoms with van der Waals surface area (Å²) in [6.07, 6.45) is 0. The summed E-state index contributed by atoms with van der Waals surface area (Å²) in [5.41, 5.74) is 2.06. The highest BCUT2D eigenvalue weighted by Gasteiger charge is 2.19. The van der Waals surface area contributed by atoms with E-state index in [0.29, 0.717) is 21.9 Å². The van der Waals surface area contributed by atoms with Gasteiger partial charge in [0.15, 0.2) is 5.52 Å².